The van der Waals surface area contributed by atoms with E-state index in [4.69, 9.17) is 4.74 Å². The van der Waals surface area contributed by atoms with Crippen LogP contribution in [0.4, 0.5) is 0 Å². The smallest absolute Gasteiger partial charge is 0.306 e. The molecule has 0 spiro atoms. The standard InChI is InChI=1S/C12H12N2O6/c1-2-3-11(18)20-7-6-10(17)14(12(7)19)13-8(15)4-5-9(13)16/h4-5,7H,2-3,6H2,1H3. The van der Waals surface area contributed by atoms with Crippen molar-refractivity contribution in [3.8, 4) is 0 Å². The number of carbonyl (C=O) groups excluding carboxylic acids is 5. The first-order valence-electron chi connectivity index (χ1n) is 6.08. The van der Waals surface area contributed by atoms with Crippen LogP contribution in [0.1, 0.15) is 26.2 Å². The molecule has 2 aliphatic heterocycles. The van der Waals surface area contributed by atoms with Gasteiger partial charge in [0.05, 0.1) is 6.42 Å². The number of hydrogen-bond donors (Lipinski definition) is 0. The van der Waals surface area contributed by atoms with Crippen molar-refractivity contribution < 1.29 is 28.7 Å². The molecule has 0 bridgehead atoms. The monoisotopic (exact) mass is 280 g/mol. The number of amides is 4. The van der Waals surface area contributed by atoms with E-state index in [-0.39, 0.29) is 12.8 Å². The Morgan fingerprint density at radius 3 is 2.35 bits per heavy atom. The summed E-state index contributed by atoms with van der Waals surface area (Å²) in [6, 6.07) is 0. The number of imide groups is 2. The fourth-order valence-corrected chi connectivity index (χ4v) is 1.91. The van der Waals surface area contributed by atoms with Crippen LogP contribution in [0.2, 0.25) is 0 Å². The molecule has 1 atom stereocenters. The molecule has 0 aromatic rings. The molecule has 8 nitrogen and oxygen atoms in total. The van der Waals surface area contributed by atoms with E-state index in [1.165, 1.54) is 0 Å². The van der Waals surface area contributed by atoms with Gasteiger partial charge in [0.1, 0.15) is 0 Å². The lowest BCUT2D eigenvalue weighted by molar-refractivity contribution is -0.173. The van der Waals surface area contributed by atoms with Crippen molar-refractivity contribution in [2.75, 3.05) is 0 Å². The summed E-state index contributed by atoms with van der Waals surface area (Å²) in [5, 5.41) is 0.882. The average Bonchev–Trinajstić information content (AvgIpc) is 2.82. The molecule has 1 fully saturated rings. The predicted octanol–water partition coefficient (Wildman–Crippen LogP) is -0.703. The van der Waals surface area contributed by atoms with Crippen LogP contribution in [0.3, 0.4) is 0 Å². The van der Waals surface area contributed by atoms with E-state index in [2.05, 4.69) is 0 Å². The van der Waals surface area contributed by atoms with Gasteiger partial charge in [0, 0.05) is 18.6 Å². The second-order valence-electron chi connectivity index (χ2n) is 4.30. The van der Waals surface area contributed by atoms with Crippen molar-refractivity contribution >= 4 is 29.6 Å². The number of hydrazine groups is 1. The molecule has 106 valence electrons. The van der Waals surface area contributed by atoms with E-state index >= 15 is 0 Å². The molecule has 1 saturated heterocycles. The maximum absolute atomic E-state index is 12.0. The molecule has 2 heterocycles. The van der Waals surface area contributed by atoms with E-state index in [0.29, 0.717) is 16.4 Å². The van der Waals surface area contributed by atoms with Crippen LogP contribution in [0, 0.1) is 0 Å². The number of esters is 1. The van der Waals surface area contributed by atoms with Gasteiger partial charge in [-0.15, -0.1) is 0 Å². The van der Waals surface area contributed by atoms with Gasteiger partial charge in [-0.05, 0) is 6.42 Å². The summed E-state index contributed by atoms with van der Waals surface area (Å²) in [5.41, 5.74) is 0. The summed E-state index contributed by atoms with van der Waals surface area (Å²) in [5.74, 6) is -3.80. The minimum Gasteiger partial charge on any atom is -0.452 e. The van der Waals surface area contributed by atoms with Crippen LogP contribution < -0.4 is 0 Å². The highest BCUT2D eigenvalue weighted by Gasteiger charge is 2.48. The molecular formula is C12H12N2O6. The van der Waals surface area contributed by atoms with Crippen molar-refractivity contribution in [3.05, 3.63) is 12.2 Å². The maximum Gasteiger partial charge on any atom is 0.306 e. The molecule has 20 heavy (non-hydrogen) atoms. The maximum atomic E-state index is 12.0. The van der Waals surface area contributed by atoms with Crippen molar-refractivity contribution in [1.82, 2.24) is 10.0 Å². The zero-order valence-electron chi connectivity index (χ0n) is 10.7. The molecule has 0 aromatic carbocycles. The van der Waals surface area contributed by atoms with Gasteiger partial charge in [-0.25, -0.2) is 0 Å². The summed E-state index contributed by atoms with van der Waals surface area (Å²) in [6.45, 7) is 1.77. The highest BCUT2D eigenvalue weighted by atomic mass is 16.5. The normalized spacial score (nSPS) is 22.1. The van der Waals surface area contributed by atoms with E-state index in [1.54, 1.807) is 6.92 Å². The summed E-state index contributed by atoms with van der Waals surface area (Å²) in [7, 11) is 0. The van der Waals surface area contributed by atoms with Crippen LogP contribution >= 0.6 is 0 Å². The van der Waals surface area contributed by atoms with Crippen molar-refractivity contribution in [2.24, 2.45) is 0 Å². The number of carbonyl (C=O) groups is 5. The highest BCUT2D eigenvalue weighted by Crippen LogP contribution is 2.21. The third kappa shape index (κ3) is 2.31. The van der Waals surface area contributed by atoms with Crippen molar-refractivity contribution in [2.45, 2.75) is 32.3 Å². The number of rotatable bonds is 4. The second kappa shape index (κ2) is 5.24. The third-order valence-electron chi connectivity index (χ3n) is 2.79. The third-order valence-corrected chi connectivity index (χ3v) is 2.79. The number of nitrogens with zero attached hydrogens (tertiary/aromatic N) is 2. The highest BCUT2D eigenvalue weighted by molar-refractivity contribution is 6.17. The summed E-state index contributed by atoms with van der Waals surface area (Å²) in [4.78, 5) is 58.0. The van der Waals surface area contributed by atoms with Gasteiger partial charge in [0.15, 0.2) is 6.10 Å². The van der Waals surface area contributed by atoms with Crippen LogP contribution in [-0.4, -0.2) is 45.7 Å². The van der Waals surface area contributed by atoms with Gasteiger partial charge in [-0.1, -0.05) is 6.92 Å². The quantitative estimate of drug-likeness (QED) is 0.498. The molecule has 0 N–H and O–H groups in total. The summed E-state index contributed by atoms with van der Waals surface area (Å²) < 4.78 is 4.87. The summed E-state index contributed by atoms with van der Waals surface area (Å²) >= 11 is 0. The minimum absolute atomic E-state index is 0.126. The number of ether oxygens (including phenoxy) is 1. The van der Waals surface area contributed by atoms with Crippen LogP contribution in [-0.2, 0) is 28.7 Å². The Balaban J connectivity index is 2.11. The second-order valence-corrected chi connectivity index (χ2v) is 4.30. The van der Waals surface area contributed by atoms with Crippen LogP contribution in [0.15, 0.2) is 12.2 Å². The molecule has 4 amide bonds. The van der Waals surface area contributed by atoms with Crippen molar-refractivity contribution in [3.63, 3.8) is 0 Å². The average molecular weight is 280 g/mol. The Morgan fingerprint density at radius 1 is 1.20 bits per heavy atom. The zero-order chi connectivity index (χ0) is 14.9. The Hall–Kier alpha value is -2.51. The Kier molecular flexibility index (Phi) is 3.64. The lowest BCUT2D eigenvalue weighted by atomic mass is 10.3. The van der Waals surface area contributed by atoms with E-state index < -0.39 is 35.7 Å². The number of hydrogen-bond acceptors (Lipinski definition) is 6. The lowest BCUT2D eigenvalue weighted by Crippen LogP contribution is -2.50. The Bertz CT molecular complexity index is 520. The fraction of sp³-hybridized carbons (Fsp3) is 0.417. The first kappa shape index (κ1) is 13.9. The van der Waals surface area contributed by atoms with Crippen molar-refractivity contribution in [1.29, 1.82) is 0 Å². The van der Waals surface area contributed by atoms with Gasteiger partial charge in [0.25, 0.3) is 23.6 Å². The van der Waals surface area contributed by atoms with Gasteiger partial charge in [-0.3, -0.25) is 24.0 Å². The molecule has 8 heteroatoms. The molecule has 2 rings (SSSR count). The zero-order valence-corrected chi connectivity index (χ0v) is 10.7. The molecule has 0 aliphatic carbocycles. The van der Waals surface area contributed by atoms with Crippen LogP contribution in [0.5, 0.6) is 0 Å². The van der Waals surface area contributed by atoms with E-state index in [1.807, 2.05) is 0 Å². The van der Waals surface area contributed by atoms with Gasteiger partial charge in [0.2, 0.25) is 0 Å². The van der Waals surface area contributed by atoms with Gasteiger partial charge < -0.3 is 4.74 Å². The topological polar surface area (TPSA) is 101 Å². The minimum atomic E-state index is -1.28. The lowest BCUT2D eigenvalue weighted by Gasteiger charge is -2.23. The predicted molar refractivity (Wildman–Crippen MR) is 62.3 cm³/mol. The van der Waals surface area contributed by atoms with E-state index in [0.717, 1.165) is 12.2 Å². The Morgan fingerprint density at radius 2 is 1.80 bits per heavy atom. The SMILES string of the molecule is CCCC(=O)OC1CC(=O)N(N2C(=O)C=CC2=O)C1=O. The van der Waals surface area contributed by atoms with Gasteiger partial charge in [-0.2, -0.15) is 10.0 Å². The van der Waals surface area contributed by atoms with Crippen LogP contribution in [0.25, 0.3) is 0 Å². The molecule has 1 unspecified atom stereocenters. The Labute approximate surface area is 113 Å². The molecule has 0 aromatic heterocycles. The molecular weight excluding hydrogens is 268 g/mol. The molecule has 0 saturated carbocycles. The van der Waals surface area contributed by atoms with E-state index in [9.17, 15) is 24.0 Å². The summed E-state index contributed by atoms with van der Waals surface area (Å²) in [6.07, 6.45) is 0.943. The largest absolute Gasteiger partial charge is 0.452 e. The molecule has 2 aliphatic rings. The first-order chi connectivity index (χ1) is 9.45. The molecule has 0 radical (unpaired) electrons. The van der Waals surface area contributed by atoms with Gasteiger partial charge >= 0.3 is 5.97 Å². The fourth-order valence-electron chi connectivity index (χ4n) is 1.91. The first-order valence-corrected chi connectivity index (χ1v) is 6.08.